The average molecular weight is 388 g/mol. The van der Waals surface area contributed by atoms with Crippen LogP contribution in [-0.4, -0.2) is 36.1 Å². The Labute approximate surface area is 151 Å². The molecule has 26 heavy (non-hydrogen) atoms. The number of halogens is 3. The van der Waals surface area contributed by atoms with Crippen LogP contribution in [0.1, 0.15) is 27.9 Å². The van der Waals surface area contributed by atoms with Crippen molar-refractivity contribution < 1.29 is 32.2 Å². The molecule has 0 spiro atoms. The van der Waals surface area contributed by atoms with Crippen molar-refractivity contribution >= 4 is 17.7 Å². The molecule has 1 fully saturated rings. The highest BCUT2D eigenvalue weighted by Gasteiger charge is 2.43. The van der Waals surface area contributed by atoms with E-state index in [2.05, 4.69) is 5.10 Å². The van der Waals surface area contributed by atoms with Crippen LogP contribution in [0.15, 0.2) is 34.2 Å². The molecule has 1 aliphatic rings. The van der Waals surface area contributed by atoms with Crippen molar-refractivity contribution in [1.29, 1.82) is 0 Å². The van der Waals surface area contributed by atoms with Gasteiger partial charge in [-0.05, 0) is 12.1 Å². The summed E-state index contributed by atoms with van der Waals surface area (Å²) < 4.78 is 56.7. The molecule has 2 aromatic rings. The maximum atomic E-state index is 13.4. The monoisotopic (exact) mass is 388 g/mol. The summed E-state index contributed by atoms with van der Waals surface area (Å²) in [5, 5.41) is 3.79. The molecule has 0 radical (unpaired) electrons. The van der Waals surface area contributed by atoms with Crippen LogP contribution in [-0.2, 0) is 27.4 Å². The van der Waals surface area contributed by atoms with Crippen LogP contribution in [0.4, 0.5) is 13.2 Å². The number of aryl methyl sites for hydroxylation is 1. The second-order valence-electron chi connectivity index (χ2n) is 5.35. The molecule has 0 N–H and O–H groups in total. The van der Waals surface area contributed by atoms with Crippen LogP contribution < -0.4 is 0 Å². The van der Waals surface area contributed by atoms with Crippen molar-refractivity contribution in [1.82, 2.24) is 9.78 Å². The Morgan fingerprint density at radius 1 is 1.31 bits per heavy atom. The molecule has 0 aliphatic carbocycles. The topological polar surface area (TPSA) is 62.6 Å². The SMILES string of the molecule is COC(=O)c1ccccc1Sc1c(C2OCCO2)c(C(F)(F)F)nn1C. The lowest BCUT2D eigenvalue weighted by Crippen LogP contribution is -2.12. The molecule has 0 unspecified atom stereocenters. The number of ether oxygens (including phenoxy) is 3. The number of methoxy groups -OCH3 is 1. The number of aromatic nitrogens is 2. The second kappa shape index (κ2) is 7.29. The van der Waals surface area contributed by atoms with Crippen LogP contribution >= 0.6 is 11.8 Å². The first-order chi connectivity index (χ1) is 12.3. The fourth-order valence-corrected chi connectivity index (χ4v) is 3.62. The average Bonchev–Trinajstić information content (AvgIpc) is 3.23. The predicted octanol–water partition coefficient (Wildman–Crippen LogP) is 3.42. The van der Waals surface area contributed by atoms with Gasteiger partial charge in [-0.1, -0.05) is 23.9 Å². The molecular formula is C16H15F3N2O4S. The van der Waals surface area contributed by atoms with E-state index in [0.717, 1.165) is 16.4 Å². The summed E-state index contributed by atoms with van der Waals surface area (Å²) in [6, 6.07) is 6.48. The summed E-state index contributed by atoms with van der Waals surface area (Å²) in [5.74, 6) is -0.582. The third-order valence-corrected chi connectivity index (χ3v) is 4.91. The third-order valence-electron chi connectivity index (χ3n) is 3.65. The number of alkyl halides is 3. The standard InChI is InChI=1S/C16H15F3N2O4S/c1-21-13(26-10-6-4-3-5-9(10)14(22)23-2)11(15-24-7-8-25-15)12(20-21)16(17,18)19/h3-6,15H,7-8H2,1-2H3. The summed E-state index contributed by atoms with van der Waals surface area (Å²) in [4.78, 5) is 12.4. The normalized spacial score (nSPS) is 15.4. The van der Waals surface area contributed by atoms with Gasteiger partial charge in [0.05, 0.1) is 31.5 Å². The van der Waals surface area contributed by atoms with Crippen molar-refractivity contribution in [3.8, 4) is 0 Å². The highest BCUT2D eigenvalue weighted by atomic mass is 32.2. The highest BCUT2D eigenvalue weighted by molar-refractivity contribution is 7.99. The molecule has 0 saturated carbocycles. The second-order valence-corrected chi connectivity index (χ2v) is 6.38. The minimum Gasteiger partial charge on any atom is -0.465 e. The smallest absolute Gasteiger partial charge is 0.435 e. The first-order valence-corrected chi connectivity index (χ1v) is 8.37. The van der Waals surface area contributed by atoms with E-state index in [1.807, 2.05) is 0 Å². The van der Waals surface area contributed by atoms with Gasteiger partial charge in [0.2, 0.25) is 0 Å². The highest BCUT2D eigenvalue weighted by Crippen LogP contribution is 2.44. The summed E-state index contributed by atoms with van der Waals surface area (Å²) in [5.41, 5.74) is -1.01. The Bertz CT molecular complexity index is 816. The van der Waals surface area contributed by atoms with Gasteiger partial charge in [0.15, 0.2) is 12.0 Å². The van der Waals surface area contributed by atoms with Crippen molar-refractivity contribution in [3.63, 3.8) is 0 Å². The first kappa shape index (κ1) is 18.7. The number of carbonyl (C=O) groups excluding carboxylic acids is 1. The van der Waals surface area contributed by atoms with Gasteiger partial charge < -0.3 is 14.2 Å². The summed E-state index contributed by atoms with van der Waals surface area (Å²) >= 11 is 0.975. The van der Waals surface area contributed by atoms with Crippen LogP contribution in [0, 0.1) is 0 Å². The molecule has 0 amide bonds. The van der Waals surface area contributed by atoms with Crippen LogP contribution in [0.5, 0.6) is 0 Å². The zero-order chi connectivity index (χ0) is 18.9. The number of esters is 1. The van der Waals surface area contributed by atoms with E-state index in [-0.39, 0.29) is 29.4 Å². The van der Waals surface area contributed by atoms with Crippen molar-refractivity contribution in [2.75, 3.05) is 20.3 Å². The lowest BCUT2D eigenvalue weighted by Gasteiger charge is -2.14. The fourth-order valence-electron chi connectivity index (χ4n) is 2.53. The van der Waals surface area contributed by atoms with Crippen molar-refractivity contribution in [2.24, 2.45) is 7.05 Å². The van der Waals surface area contributed by atoms with Crippen molar-refractivity contribution in [3.05, 3.63) is 41.1 Å². The predicted molar refractivity (Wildman–Crippen MR) is 84.8 cm³/mol. The van der Waals surface area contributed by atoms with Gasteiger partial charge in [-0.15, -0.1) is 0 Å². The number of hydrogen-bond acceptors (Lipinski definition) is 6. The van der Waals surface area contributed by atoms with Gasteiger partial charge in [0.1, 0.15) is 5.03 Å². The zero-order valence-corrected chi connectivity index (χ0v) is 14.7. The number of benzene rings is 1. The van der Waals surface area contributed by atoms with E-state index in [1.54, 1.807) is 18.2 Å². The van der Waals surface area contributed by atoms with Gasteiger partial charge in [0.25, 0.3) is 0 Å². The number of carbonyl (C=O) groups is 1. The number of nitrogens with zero attached hydrogens (tertiary/aromatic N) is 2. The van der Waals surface area contributed by atoms with Gasteiger partial charge in [-0.25, -0.2) is 4.79 Å². The van der Waals surface area contributed by atoms with Gasteiger partial charge >= 0.3 is 12.1 Å². The molecule has 0 atom stereocenters. The molecule has 1 aromatic heterocycles. The molecule has 0 bridgehead atoms. The Kier molecular flexibility index (Phi) is 5.26. The van der Waals surface area contributed by atoms with Gasteiger partial charge in [-0.2, -0.15) is 18.3 Å². The minimum atomic E-state index is -4.66. The van der Waals surface area contributed by atoms with Gasteiger partial charge in [-0.3, -0.25) is 4.68 Å². The zero-order valence-electron chi connectivity index (χ0n) is 13.9. The molecule has 1 saturated heterocycles. The number of rotatable bonds is 4. The lowest BCUT2D eigenvalue weighted by atomic mass is 10.2. The fraction of sp³-hybridized carbons (Fsp3) is 0.375. The quantitative estimate of drug-likeness (QED) is 0.748. The first-order valence-electron chi connectivity index (χ1n) is 7.55. The van der Waals surface area contributed by atoms with E-state index in [4.69, 9.17) is 14.2 Å². The van der Waals surface area contributed by atoms with E-state index in [0.29, 0.717) is 4.90 Å². The molecule has 3 rings (SSSR count). The lowest BCUT2D eigenvalue weighted by molar-refractivity contribution is -0.146. The Balaban J connectivity index is 2.09. The molecule has 1 aromatic carbocycles. The minimum absolute atomic E-state index is 0.181. The van der Waals surface area contributed by atoms with Crippen LogP contribution in [0.2, 0.25) is 0 Å². The Hall–Kier alpha value is -2.04. The summed E-state index contributed by atoms with van der Waals surface area (Å²) in [7, 11) is 2.64. The van der Waals surface area contributed by atoms with E-state index in [9.17, 15) is 18.0 Å². The summed E-state index contributed by atoms with van der Waals surface area (Å²) in [6.45, 7) is 0.388. The molecule has 2 heterocycles. The third kappa shape index (κ3) is 3.57. The van der Waals surface area contributed by atoms with E-state index < -0.39 is 24.1 Å². The molecular weight excluding hydrogens is 373 g/mol. The Morgan fingerprint density at radius 2 is 1.96 bits per heavy atom. The van der Waals surface area contributed by atoms with E-state index >= 15 is 0 Å². The van der Waals surface area contributed by atoms with Crippen molar-refractivity contribution in [2.45, 2.75) is 22.4 Å². The molecule has 1 aliphatic heterocycles. The van der Waals surface area contributed by atoms with Gasteiger partial charge in [0, 0.05) is 11.9 Å². The molecule has 10 heteroatoms. The largest absolute Gasteiger partial charge is 0.465 e. The van der Waals surface area contributed by atoms with Crippen LogP contribution in [0.3, 0.4) is 0 Å². The molecule has 140 valence electrons. The molecule has 6 nitrogen and oxygen atoms in total. The summed E-state index contributed by atoms with van der Waals surface area (Å²) in [6.07, 6.45) is -5.82. The van der Waals surface area contributed by atoms with E-state index in [1.165, 1.54) is 20.2 Å². The Morgan fingerprint density at radius 3 is 2.58 bits per heavy atom. The maximum absolute atomic E-state index is 13.4. The maximum Gasteiger partial charge on any atom is 0.435 e. The van der Waals surface area contributed by atoms with Crippen LogP contribution in [0.25, 0.3) is 0 Å². The number of hydrogen-bond donors (Lipinski definition) is 0.